The molecule has 1 atom stereocenters. The minimum absolute atomic E-state index is 0.100. The van der Waals surface area contributed by atoms with Gasteiger partial charge in [0.1, 0.15) is 23.4 Å². The number of hydrogen-bond donors (Lipinski definition) is 1. The zero-order valence-corrected chi connectivity index (χ0v) is 11.0. The number of amides is 1. The average molecular weight is 289 g/mol. The molecular weight excluding hydrogens is 276 g/mol. The van der Waals surface area contributed by atoms with Crippen LogP contribution >= 0.6 is 11.8 Å². The van der Waals surface area contributed by atoms with Crippen LogP contribution in [0.15, 0.2) is 18.2 Å². The van der Waals surface area contributed by atoms with Crippen molar-refractivity contribution in [2.24, 2.45) is 0 Å². The monoisotopic (exact) mass is 289 g/mol. The number of nitrogens with zero attached hydrogens (tertiary/aromatic N) is 1. The number of halogens is 2. The molecular formula is C12H13F2NO3S. The average Bonchev–Trinajstić information content (AvgIpc) is 2.36. The van der Waals surface area contributed by atoms with Crippen molar-refractivity contribution < 1.29 is 23.5 Å². The Labute approximate surface area is 113 Å². The number of hydrogen-bond acceptors (Lipinski definition) is 3. The van der Waals surface area contributed by atoms with Gasteiger partial charge in [0.15, 0.2) is 0 Å². The first-order valence-electron chi connectivity index (χ1n) is 5.42. The third kappa shape index (κ3) is 3.66. The number of aliphatic carboxylic acids is 1. The molecule has 0 heterocycles. The van der Waals surface area contributed by atoms with Gasteiger partial charge in [-0.2, -0.15) is 11.8 Å². The van der Waals surface area contributed by atoms with Gasteiger partial charge in [0.25, 0.3) is 0 Å². The summed E-state index contributed by atoms with van der Waals surface area (Å²) in [5.74, 6) is -2.79. The molecule has 7 heteroatoms. The van der Waals surface area contributed by atoms with Crippen molar-refractivity contribution in [3.05, 3.63) is 29.8 Å². The Kier molecular flexibility index (Phi) is 5.75. The van der Waals surface area contributed by atoms with E-state index in [1.807, 2.05) is 0 Å². The van der Waals surface area contributed by atoms with Crippen molar-refractivity contribution in [1.29, 1.82) is 0 Å². The van der Waals surface area contributed by atoms with Gasteiger partial charge in [-0.25, -0.2) is 13.6 Å². The maximum absolute atomic E-state index is 13.6. The van der Waals surface area contributed by atoms with Crippen LogP contribution < -0.4 is 4.90 Å². The summed E-state index contributed by atoms with van der Waals surface area (Å²) in [4.78, 5) is 22.8. The quantitative estimate of drug-likeness (QED) is 0.781. The van der Waals surface area contributed by atoms with Gasteiger partial charge in [0.05, 0.1) is 0 Å². The molecule has 1 amide bonds. The molecule has 0 radical (unpaired) electrons. The second kappa shape index (κ2) is 7.08. The minimum Gasteiger partial charge on any atom is -0.480 e. The molecule has 0 aliphatic heterocycles. The highest BCUT2D eigenvalue weighted by molar-refractivity contribution is 7.98. The summed E-state index contributed by atoms with van der Waals surface area (Å²) in [7, 11) is 0. The molecule has 4 nitrogen and oxygen atoms in total. The van der Waals surface area contributed by atoms with E-state index in [2.05, 4.69) is 0 Å². The van der Waals surface area contributed by atoms with Crippen molar-refractivity contribution in [1.82, 2.24) is 0 Å². The summed E-state index contributed by atoms with van der Waals surface area (Å²) in [6, 6.07) is 1.80. The number of thioether (sulfide) groups is 1. The fraction of sp³-hybridized carbons (Fsp3) is 0.333. The molecule has 1 unspecified atom stereocenters. The first-order valence-corrected chi connectivity index (χ1v) is 6.81. The van der Waals surface area contributed by atoms with Crippen molar-refractivity contribution in [2.75, 3.05) is 16.9 Å². The summed E-state index contributed by atoms with van der Waals surface area (Å²) < 4.78 is 27.2. The van der Waals surface area contributed by atoms with Gasteiger partial charge in [0.2, 0.25) is 6.41 Å². The summed E-state index contributed by atoms with van der Waals surface area (Å²) >= 11 is 1.39. The third-order valence-corrected chi connectivity index (χ3v) is 3.17. The van der Waals surface area contributed by atoms with E-state index >= 15 is 0 Å². The molecule has 1 aromatic rings. The number of benzene rings is 1. The molecule has 0 saturated heterocycles. The zero-order valence-electron chi connectivity index (χ0n) is 10.2. The maximum Gasteiger partial charge on any atom is 0.326 e. The number of carbonyl (C=O) groups excluding carboxylic acids is 1. The lowest BCUT2D eigenvalue weighted by Gasteiger charge is -2.25. The van der Waals surface area contributed by atoms with Gasteiger partial charge in [-0.15, -0.1) is 0 Å². The number of carboxylic acid groups (broad SMARTS) is 1. The molecule has 0 spiro atoms. The van der Waals surface area contributed by atoms with E-state index in [-0.39, 0.29) is 12.8 Å². The van der Waals surface area contributed by atoms with Gasteiger partial charge >= 0.3 is 5.97 Å². The normalized spacial score (nSPS) is 11.9. The van der Waals surface area contributed by atoms with Crippen LogP contribution in [0, 0.1) is 11.6 Å². The van der Waals surface area contributed by atoms with E-state index in [0.717, 1.165) is 18.2 Å². The van der Waals surface area contributed by atoms with Crippen LogP contribution in [0.4, 0.5) is 14.5 Å². The molecule has 1 aromatic carbocycles. The van der Waals surface area contributed by atoms with Crippen molar-refractivity contribution >= 4 is 29.8 Å². The number of para-hydroxylation sites is 1. The van der Waals surface area contributed by atoms with Crippen molar-refractivity contribution in [3.8, 4) is 0 Å². The predicted octanol–water partition coefficient (Wildman–Crippen LogP) is 2.13. The molecule has 0 aromatic heterocycles. The molecule has 0 aliphatic carbocycles. The molecule has 1 N–H and O–H groups in total. The van der Waals surface area contributed by atoms with Crippen LogP contribution in [0.5, 0.6) is 0 Å². The van der Waals surface area contributed by atoms with E-state index in [9.17, 15) is 18.4 Å². The van der Waals surface area contributed by atoms with Gasteiger partial charge < -0.3 is 5.11 Å². The topological polar surface area (TPSA) is 57.6 Å². The highest BCUT2D eigenvalue weighted by Gasteiger charge is 2.29. The molecule has 0 saturated carbocycles. The maximum atomic E-state index is 13.6. The fourth-order valence-corrected chi connectivity index (χ4v) is 2.09. The minimum atomic E-state index is -1.30. The molecule has 104 valence electrons. The highest BCUT2D eigenvalue weighted by atomic mass is 32.2. The van der Waals surface area contributed by atoms with Gasteiger partial charge in [-0.3, -0.25) is 9.69 Å². The second-order valence-electron chi connectivity index (χ2n) is 3.72. The van der Waals surface area contributed by atoms with E-state index < -0.39 is 29.3 Å². The van der Waals surface area contributed by atoms with Crippen LogP contribution in [-0.4, -0.2) is 35.5 Å². The summed E-state index contributed by atoms with van der Waals surface area (Å²) in [5.41, 5.74) is -0.633. The predicted molar refractivity (Wildman–Crippen MR) is 69.3 cm³/mol. The Bertz CT molecular complexity index is 450. The molecule has 1 rings (SSSR count). The van der Waals surface area contributed by atoms with E-state index in [0.29, 0.717) is 10.7 Å². The Morgan fingerprint density at radius 3 is 2.47 bits per heavy atom. The first kappa shape index (κ1) is 15.4. The van der Waals surface area contributed by atoms with Gasteiger partial charge in [-0.05, 0) is 30.6 Å². The lowest BCUT2D eigenvalue weighted by atomic mass is 10.1. The van der Waals surface area contributed by atoms with Gasteiger partial charge in [0, 0.05) is 0 Å². The third-order valence-electron chi connectivity index (χ3n) is 2.53. The van der Waals surface area contributed by atoms with Crippen LogP contribution in [-0.2, 0) is 9.59 Å². The lowest BCUT2D eigenvalue weighted by molar-refractivity contribution is -0.139. The van der Waals surface area contributed by atoms with Crippen LogP contribution in [0.3, 0.4) is 0 Å². The summed E-state index contributed by atoms with van der Waals surface area (Å²) in [5, 5.41) is 9.09. The molecule has 0 fully saturated rings. The number of carboxylic acids is 1. The van der Waals surface area contributed by atoms with Crippen LogP contribution in [0.25, 0.3) is 0 Å². The number of rotatable bonds is 7. The standard InChI is InChI=1S/C12H13F2NO3S/c1-19-6-5-10(12(17)18)15(7-16)11-8(13)3-2-4-9(11)14/h2-4,7,10H,5-6H2,1H3,(H,17,18). The number of anilines is 1. The fourth-order valence-electron chi connectivity index (χ4n) is 1.63. The Balaban J connectivity index is 3.16. The second-order valence-corrected chi connectivity index (χ2v) is 4.70. The SMILES string of the molecule is CSCCC(C(=O)O)N(C=O)c1c(F)cccc1F. The largest absolute Gasteiger partial charge is 0.480 e. The molecule has 0 aliphatic rings. The smallest absolute Gasteiger partial charge is 0.326 e. The number of carbonyl (C=O) groups is 2. The van der Waals surface area contributed by atoms with E-state index in [1.54, 1.807) is 6.26 Å². The molecule has 0 bridgehead atoms. The Morgan fingerprint density at radius 2 is 2.05 bits per heavy atom. The summed E-state index contributed by atoms with van der Waals surface area (Å²) in [6.07, 6.45) is 2.01. The van der Waals surface area contributed by atoms with Crippen molar-refractivity contribution in [3.63, 3.8) is 0 Å². The van der Waals surface area contributed by atoms with Gasteiger partial charge in [-0.1, -0.05) is 6.07 Å². The zero-order chi connectivity index (χ0) is 14.4. The van der Waals surface area contributed by atoms with E-state index in [4.69, 9.17) is 5.11 Å². The van der Waals surface area contributed by atoms with Crippen LogP contribution in [0.1, 0.15) is 6.42 Å². The lowest BCUT2D eigenvalue weighted by Crippen LogP contribution is -2.42. The van der Waals surface area contributed by atoms with Crippen molar-refractivity contribution in [2.45, 2.75) is 12.5 Å². The Hall–Kier alpha value is -1.63. The summed E-state index contributed by atoms with van der Waals surface area (Å²) in [6.45, 7) is 0. The highest BCUT2D eigenvalue weighted by Crippen LogP contribution is 2.25. The van der Waals surface area contributed by atoms with E-state index in [1.165, 1.54) is 11.8 Å². The first-order chi connectivity index (χ1) is 9.02. The molecule has 19 heavy (non-hydrogen) atoms. The van der Waals surface area contributed by atoms with Crippen LogP contribution in [0.2, 0.25) is 0 Å². The Morgan fingerprint density at radius 1 is 1.47 bits per heavy atom.